The molecule has 0 radical (unpaired) electrons. The number of nitrogens with one attached hydrogen (secondary N) is 1. The van der Waals surface area contributed by atoms with Crippen molar-refractivity contribution < 1.29 is 18.3 Å². The Morgan fingerprint density at radius 1 is 1.06 bits per heavy atom. The second-order valence-corrected chi connectivity index (χ2v) is 6.80. The van der Waals surface area contributed by atoms with Gasteiger partial charge < -0.3 is 14.6 Å². The van der Waals surface area contributed by atoms with Gasteiger partial charge in [-0.1, -0.05) is 0 Å². The minimum Gasteiger partial charge on any atom is -0.497 e. The minimum absolute atomic E-state index is 0.104. The summed E-state index contributed by atoms with van der Waals surface area (Å²) in [6.45, 7) is 0.286. The van der Waals surface area contributed by atoms with E-state index in [-0.39, 0.29) is 24.2 Å². The Hall–Kier alpha value is -4.01. The maximum absolute atomic E-state index is 13.3. The van der Waals surface area contributed by atoms with Gasteiger partial charge in [-0.3, -0.25) is 9.59 Å². The Labute approximate surface area is 175 Å². The molecule has 0 atom stereocenters. The lowest BCUT2D eigenvalue weighted by Crippen LogP contribution is -2.31. The number of amides is 1. The quantitative estimate of drug-likeness (QED) is 0.516. The zero-order chi connectivity index (χ0) is 22.0. The molecule has 0 fully saturated rings. The van der Waals surface area contributed by atoms with Crippen LogP contribution < -0.4 is 15.6 Å². The fraction of sp³-hybridized carbons (Fsp3) is 0.136. The average molecular weight is 424 g/mol. The van der Waals surface area contributed by atoms with Gasteiger partial charge in [0.15, 0.2) is 0 Å². The number of ether oxygens (including phenoxy) is 1. The number of rotatable bonds is 6. The Balaban J connectivity index is 1.49. The molecule has 0 aliphatic carbocycles. The molecule has 158 valence electrons. The monoisotopic (exact) mass is 424 g/mol. The van der Waals surface area contributed by atoms with Crippen molar-refractivity contribution in [3.8, 4) is 17.0 Å². The smallest absolute Gasteiger partial charge is 0.276 e. The summed E-state index contributed by atoms with van der Waals surface area (Å²) in [6.07, 6.45) is 3.21. The summed E-state index contributed by atoms with van der Waals surface area (Å²) in [7, 11) is 1.58. The summed E-state index contributed by atoms with van der Waals surface area (Å²) in [5, 5.41) is 6.98. The van der Waals surface area contributed by atoms with Crippen LogP contribution in [0.1, 0.15) is 10.4 Å². The van der Waals surface area contributed by atoms with Gasteiger partial charge in [0, 0.05) is 42.7 Å². The number of benzene rings is 2. The topological polar surface area (TPSA) is 77.6 Å². The number of fused-ring (bicyclic) bond motifs is 1. The first kappa shape index (κ1) is 20.3. The van der Waals surface area contributed by atoms with Crippen molar-refractivity contribution in [1.29, 1.82) is 0 Å². The molecule has 0 aliphatic heterocycles. The lowest BCUT2D eigenvalue weighted by molar-refractivity contribution is 0.0951. The Kier molecular flexibility index (Phi) is 5.48. The fourth-order valence-corrected chi connectivity index (χ4v) is 3.18. The molecule has 4 rings (SSSR count). The lowest BCUT2D eigenvalue weighted by atomic mass is 10.1. The molecule has 7 nitrogen and oxygen atoms in total. The molecule has 31 heavy (non-hydrogen) atoms. The number of hydrogen-bond acceptors (Lipinski definition) is 4. The first-order valence-electron chi connectivity index (χ1n) is 9.42. The first-order valence-corrected chi connectivity index (χ1v) is 9.42. The molecule has 2 aromatic heterocycles. The Bertz CT molecular complexity index is 1290. The van der Waals surface area contributed by atoms with Crippen LogP contribution in [0.3, 0.4) is 0 Å². The van der Waals surface area contributed by atoms with Crippen molar-refractivity contribution in [1.82, 2.24) is 19.5 Å². The highest BCUT2D eigenvalue weighted by Crippen LogP contribution is 2.21. The van der Waals surface area contributed by atoms with Gasteiger partial charge in [-0.15, -0.1) is 0 Å². The van der Waals surface area contributed by atoms with E-state index in [0.717, 1.165) is 23.4 Å². The number of nitrogens with zero attached hydrogens (tertiary/aromatic N) is 3. The average Bonchev–Trinajstić information content (AvgIpc) is 3.20. The highest BCUT2D eigenvalue weighted by Gasteiger charge is 2.11. The molecule has 0 aliphatic rings. The fourth-order valence-electron chi connectivity index (χ4n) is 3.18. The number of halogens is 2. The van der Waals surface area contributed by atoms with E-state index >= 15 is 0 Å². The van der Waals surface area contributed by atoms with Gasteiger partial charge in [0.2, 0.25) is 0 Å². The molecule has 0 saturated carbocycles. The van der Waals surface area contributed by atoms with Crippen LogP contribution in [0.4, 0.5) is 8.78 Å². The SMILES string of the molecule is COc1ccc(-c2cc3c(=O)n(CCNC(=O)c4cc(F)cc(F)c4)ccn3n2)cc1. The van der Waals surface area contributed by atoms with E-state index < -0.39 is 17.5 Å². The number of hydrogen-bond donors (Lipinski definition) is 1. The zero-order valence-electron chi connectivity index (χ0n) is 16.5. The molecule has 1 amide bonds. The van der Waals surface area contributed by atoms with Gasteiger partial charge in [0.25, 0.3) is 11.5 Å². The Morgan fingerprint density at radius 3 is 2.45 bits per heavy atom. The number of methoxy groups -OCH3 is 1. The van der Waals surface area contributed by atoms with Gasteiger partial charge in [0.05, 0.1) is 12.8 Å². The summed E-state index contributed by atoms with van der Waals surface area (Å²) in [5.74, 6) is -1.57. The summed E-state index contributed by atoms with van der Waals surface area (Å²) in [6, 6.07) is 11.6. The summed E-state index contributed by atoms with van der Waals surface area (Å²) in [5.41, 5.74) is 1.46. The maximum Gasteiger partial charge on any atom is 0.276 e. The van der Waals surface area contributed by atoms with Gasteiger partial charge in [0.1, 0.15) is 22.9 Å². The highest BCUT2D eigenvalue weighted by atomic mass is 19.1. The van der Waals surface area contributed by atoms with Gasteiger partial charge in [-0.2, -0.15) is 5.10 Å². The molecule has 2 heterocycles. The molecular formula is C22H18F2N4O3. The van der Waals surface area contributed by atoms with Crippen molar-refractivity contribution in [2.24, 2.45) is 0 Å². The molecule has 0 saturated heterocycles. The normalized spacial score (nSPS) is 10.9. The zero-order valence-corrected chi connectivity index (χ0v) is 16.5. The van der Waals surface area contributed by atoms with Gasteiger partial charge in [-0.05, 0) is 42.5 Å². The molecule has 0 spiro atoms. The van der Waals surface area contributed by atoms with Crippen LogP contribution in [0.15, 0.2) is 65.7 Å². The standard InChI is InChI=1S/C22H18F2N4O3/c1-31-18-4-2-14(3-5-18)19-13-20-22(30)27(8-9-28(20)26-19)7-6-25-21(29)15-10-16(23)12-17(24)11-15/h2-5,8-13H,6-7H2,1H3,(H,25,29). The van der Waals surface area contributed by atoms with Crippen LogP contribution in [0.5, 0.6) is 5.75 Å². The van der Waals surface area contributed by atoms with Crippen LogP contribution in [-0.4, -0.2) is 33.7 Å². The highest BCUT2D eigenvalue weighted by molar-refractivity contribution is 5.94. The molecule has 0 unspecified atom stereocenters. The number of carbonyl (C=O) groups is 1. The lowest BCUT2D eigenvalue weighted by Gasteiger charge is -2.08. The molecular weight excluding hydrogens is 406 g/mol. The molecule has 2 aromatic carbocycles. The van der Waals surface area contributed by atoms with Crippen LogP contribution in [-0.2, 0) is 6.54 Å². The van der Waals surface area contributed by atoms with Crippen molar-refractivity contribution in [3.05, 3.63) is 88.5 Å². The van der Waals surface area contributed by atoms with Crippen molar-refractivity contribution in [2.75, 3.05) is 13.7 Å². The maximum atomic E-state index is 13.3. The summed E-state index contributed by atoms with van der Waals surface area (Å²) >= 11 is 0. The van der Waals surface area contributed by atoms with Crippen molar-refractivity contribution in [2.45, 2.75) is 6.54 Å². The second-order valence-electron chi connectivity index (χ2n) is 6.80. The van der Waals surface area contributed by atoms with Gasteiger partial charge in [-0.25, -0.2) is 13.3 Å². The van der Waals surface area contributed by atoms with Gasteiger partial charge >= 0.3 is 0 Å². The molecule has 0 bridgehead atoms. The van der Waals surface area contributed by atoms with E-state index in [0.29, 0.717) is 17.3 Å². The van der Waals surface area contributed by atoms with E-state index in [4.69, 9.17) is 4.74 Å². The minimum atomic E-state index is -0.833. The van der Waals surface area contributed by atoms with E-state index in [1.807, 2.05) is 24.3 Å². The predicted molar refractivity (Wildman–Crippen MR) is 110 cm³/mol. The second kappa shape index (κ2) is 8.39. The Morgan fingerprint density at radius 2 is 1.77 bits per heavy atom. The van der Waals surface area contributed by atoms with E-state index in [1.165, 1.54) is 9.08 Å². The van der Waals surface area contributed by atoms with Crippen LogP contribution >= 0.6 is 0 Å². The third-order valence-corrected chi connectivity index (χ3v) is 4.75. The van der Waals surface area contributed by atoms with E-state index in [1.54, 1.807) is 25.6 Å². The molecule has 4 aromatic rings. The van der Waals surface area contributed by atoms with E-state index in [9.17, 15) is 18.4 Å². The summed E-state index contributed by atoms with van der Waals surface area (Å²) in [4.78, 5) is 24.9. The number of aromatic nitrogens is 3. The molecule has 9 heteroatoms. The number of carbonyl (C=O) groups excluding carboxylic acids is 1. The molecule has 1 N–H and O–H groups in total. The third kappa shape index (κ3) is 4.30. The third-order valence-electron chi connectivity index (χ3n) is 4.75. The van der Waals surface area contributed by atoms with Crippen molar-refractivity contribution in [3.63, 3.8) is 0 Å². The van der Waals surface area contributed by atoms with Crippen LogP contribution in [0.25, 0.3) is 16.8 Å². The van der Waals surface area contributed by atoms with Crippen molar-refractivity contribution >= 4 is 11.4 Å². The van der Waals surface area contributed by atoms with Crippen LogP contribution in [0, 0.1) is 11.6 Å². The summed E-state index contributed by atoms with van der Waals surface area (Å²) < 4.78 is 34.6. The van der Waals surface area contributed by atoms with E-state index in [2.05, 4.69) is 10.4 Å². The first-order chi connectivity index (χ1) is 14.9. The largest absolute Gasteiger partial charge is 0.497 e. The van der Waals surface area contributed by atoms with Crippen LogP contribution in [0.2, 0.25) is 0 Å². The predicted octanol–water partition coefficient (Wildman–Crippen LogP) is 2.88.